The fraction of sp³-hybridized carbons (Fsp3) is 0.0164. The Hall–Kier alpha value is -8.20. The highest BCUT2D eigenvalue weighted by atomic mass is 16.3. The third-order valence-corrected chi connectivity index (χ3v) is 13.5. The molecule has 2 nitrogen and oxygen atoms in total. The third kappa shape index (κ3) is 5.19. The second-order valence-electron chi connectivity index (χ2n) is 16.7. The van der Waals surface area contributed by atoms with Gasteiger partial charge in [-0.05, 0) is 114 Å². The molecule has 0 unspecified atom stereocenters. The maximum Gasteiger partial charge on any atom is 0.159 e. The van der Waals surface area contributed by atoms with E-state index in [2.05, 4.69) is 235 Å². The number of hydrogen-bond donors (Lipinski definition) is 0. The Morgan fingerprint density at radius 2 is 0.778 bits per heavy atom. The maximum absolute atomic E-state index is 6.65. The van der Waals surface area contributed by atoms with Gasteiger partial charge in [0.2, 0.25) is 0 Å². The number of benzene rings is 10. The number of fused-ring (bicyclic) bond motifs is 13. The Morgan fingerprint density at radius 3 is 1.48 bits per heavy atom. The summed E-state index contributed by atoms with van der Waals surface area (Å²) in [4.78, 5) is 2.33. The Bertz CT molecular complexity index is 3510. The fourth-order valence-corrected chi connectivity index (χ4v) is 10.9. The van der Waals surface area contributed by atoms with E-state index in [1.807, 2.05) is 6.07 Å². The number of nitrogens with zero attached hydrogens (tertiary/aromatic N) is 1. The molecule has 0 bridgehead atoms. The van der Waals surface area contributed by atoms with Gasteiger partial charge in [0.25, 0.3) is 0 Å². The van der Waals surface area contributed by atoms with Crippen molar-refractivity contribution in [2.75, 3.05) is 4.90 Å². The predicted octanol–water partition coefficient (Wildman–Crippen LogP) is 16.4. The molecule has 0 N–H and O–H groups in total. The smallest absolute Gasteiger partial charge is 0.159 e. The van der Waals surface area contributed by atoms with Crippen LogP contribution in [0.4, 0.5) is 17.1 Å². The van der Waals surface area contributed by atoms with Crippen molar-refractivity contribution >= 4 is 39.0 Å². The Labute approximate surface area is 366 Å². The third-order valence-electron chi connectivity index (χ3n) is 13.5. The monoisotopic (exact) mass is 801 g/mol. The zero-order valence-electron chi connectivity index (χ0n) is 34.4. The molecule has 0 aliphatic heterocycles. The van der Waals surface area contributed by atoms with Crippen LogP contribution in [0.25, 0.3) is 77.6 Å². The lowest BCUT2D eigenvalue weighted by Crippen LogP contribution is -2.25. The van der Waals surface area contributed by atoms with Crippen molar-refractivity contribution < 1.29 is 4.42 Å². The average molecular weight is 802 g/mol. The van der Waals surface area contributed by atoms with Crippen molar-refractivity contribution in [2.24, 2.45) is 0 Å². The summed E-state index contributed by atoms with van der Waals surface area (Å²) in [6.07, 6.45) is 0. The lowest BCUT2D eigenvalue weighted by atomic mass is 9.70. The van der Waals surface area contributed by atoms with Crippen molar-refractivity contribution in [2.45, 2.75) is 5.41 Å². The molecule has 13 rings (SSSR count). The molecule has 0 fully saturated rings. The van der Waals surface area contributed by atoms with E-state index in [0.717, 1.165) is 44.6 Å². The number of anilines is 3. The summed E-state index contributed by atoms with van der Waals surface area (Å²) < 4.78 is 6.65. The minimum absolute atomic E-state index is 0.392. The van der Waals surface area contributed by atoms with Crippen LogP contribution in [0.1, 0.15) is 22.3 Å². The molecule has 63 heavy (non-hydrogen) atoms. The molecule has 2 aliphatic carbocycles. The molecule has 0 amide bonds. The fourth-order valence-electron chi connectivity index (χ4n) is 10.9. The van der Waals surface area contributed by atoms with E-state index < -0.39 is 5.41 Å². The highest BCUT2D eigenvalue weighted by molar-refractivity contribution is 6.10. The van der Waals surface area contributed by atoms with Gasteiger partial charge in [-0.25, -0.2) is 0 Å². The molecule has 2 aliphatic rings. The van der Waals surface area contributed by atoms with Crippen molar-refractivity contribution in [1.82, 2.24) is 0 Å². The number of hydrogen-bond acceptors (Lipinski definition) is 2. The molecule has 1 spiro atoms. The summed E-state index contributed by atoms with van der Waals surface area (Å²) in [6, 6.07) is 86.3. The molecule has 10 aromatic carbocycles. The lowest BCUT2D eigenvalue weighted by molar-refractivity contribution is 0.669. The van der Waals surface area contributed by atoms with E-state index in [0.29, 0.717) is 0 Å². The molecule has 294 valence electrons. The van der Waals surface area contributed by atoms with Crippen LogP contribution in [0.15, 0.2) is 241 Å². The van der Waals surface area contributed by atoms with Crippen LogP contribution >= 0.6 is 0 Å². The Kier molecular flexibility index (Phi) is 7.85. The largest absolute Gasteiger partial charge is 0.454 e. The summed E-state index contributed by atoms with van der Waals surface area (Å²) >= 11 is 0. The van der Waals surface area contributed by atoms with Crippen molar-refractivity contribution in [3.05, 3.63) is 259 Å². The van der Waals surface area contributed by atoms with E-state index in [1.165, 1.54) is 72.3 Å². The first kappa shape index (κ1) is 35.5. The number of para-hydroxylation sites is 2. The summed E-state index contributed by atoms with van der Waals surface area (Å²) in [5.74, 6) is 0. The highest BCUT2D eigenvalue weighted by Crippen LogP contribution is 2.64. The molecule has 2 heteroatoms. The normalized spacial score (nSPS) is 12.9. The summed E-state index contributed by atoms with van der Waals surface area (Å²) in [7, 11) is 0. The van der Waals surface area contributed by atoms with E-state index in [4.69, 9.17) is 4.42 Å². The number of furan rings is 1. The Balaban J connectivity index is 0.958. The standard InChI is InChI=1S/C61H39NO/c1-2-16-40(17-3-1)41-32-36-43(37-33-41)62(57-30-15-25-51-49-22-9-13-31-58(49)63-60(51)57)44-38-34-42(35-39-44)45-18-4-5-19-46(45)50-24-14-29-56-59(50)52-23-8-12-28-55(52)61(56)53-26-10-6-20-47(53)48-21-7-11-27-54(48)61/h1-39H. The molecule has 0 saturated carbocycles. The van der Waals surface area contributed by atoms with Gasteiger partial charge < -0.3 is 9.32 Å². The summed E-state index contributed by atoms with van der Waals surface area (Å²) in [5.41, 5.74) is 22.3. The minimum atomic E-state index is -0.392. The van der Waals surface area contributed by atoms with Gasteiger partial charge in [-0.15, -0.1) is 0 Å². The summed E-state index contributed by atoms with van der Waals surface area (Å²) in [5, 5.41) is 2.21. The second-order valence-corrected chi connectivity index (χ2v) is 16.7. The van der Waals surface area contributed by atoms with Gasteiger partial charge >= 0.3 is 0 Å². The van der Waals surface area contributed by atoms with Crippen molar-refractivity contribution in [3.63, 3.8) is 0 Å². The lowest BCUT2D eigenvalue weighted by Gasteiger charge is -2.30. The van der Waals surface area contributed by atoms with Gasteiger partial charge in [-0.2, -0.15) is 0 Å². The highest BCUT2D eigenvalue weighted by Gasteiger charge is 2.52. The van der Waals surface area contributed by atoms with Crippen LogP contribution < -0.4 is 4.90 Å². The first-order chi connectivity index (χ1) is 31.3. The maximum atomic E-state index is 6.65. The SMILES string of the molecule is c1ccc(-c2ccc(N(c3ccc(-c4ccccc4-c4cccc5c4-c4ccccc4C54c5ccccc5-c5ccccc54)cc3)c3cccc4c3oc3ccccc34)cc2)cc1. The van der Waals surface area contributed by atoms with Crippen LogP contribution in [0, 0.1) is 0 Å². The molecule has 1 aromatic heterocycles. The van der Waals surface area contributed by atoms with Gasteiger partial charge in [0.1, 0.15) is 5.58 Å². The van der Waals surface area contributed by atoms with E-state index in [-0.39, 0.29) is 0 Å². The molecular formula is C61H39NO. The molecular weight excluding hydrogens is 763 g/mol. The molecule has 0 atom stereocenters. The van der Waals surface area contributed by atoms with Crippen molar-refractivity contribution in [1.29, 1.82) is 0 Å². The van der Waals surface area contributed by atoms with Crippen LogP contribution in [0.2, 0.25) is 0 Å². The topological polar surface area (TPSA) is 16.4 Å². The van der Waals surface area contributed by atoms with Gasteiger partial charge in [-0.3, -0.25) is 0 Å². The predicted molar refractivity (Wildman–Crippen MR) is 261 cm³/mol. The first-order valence-electron chi connectivity index (χ1n) is 21.8. The van der Waals surface area contributed by atoms with Crippen LogP contribution in [0.5, 0.6) is 0 Å². The van der Waals surface area contributed by atoms with Crippen LogP contribution in [-0.2, 0) is 5.41 Å². The van der Waals surface area contributed by atoms with E-state index in [1.54, 1.807) is 0 Å². The number of rotatable bonds is 6. The first-order valence-corrected chi connectivity index (χ1v) is 21.8. The summed E-state index contributed by atoms with van der Waals surface area (Å²) in [6.45, 7) is 0. The molecule has 0 radical (unpaired) electrons. The molecule has 0 saturated heterocycles. The van der Waals surface area contributed by atoms with Gasteiger partial charge in [-0.1, -0.05) is 200 Å². The zero-order chi connectivity index (χ0) is 41.5. The van der Waals surface area contributed by atoms with Gasteiger partial charge in [0.15, 0.2) is 5.58 Å². The van der Waals surface area contributed by atoms with Crippen LogP contribution in [-0.4, -0.2) is 0 Å². The molecule has 11 aromatic rings. The van der Waals surface area contributed by atoms with E-state index >= 15 is 0 Å². The van der Waals surface area contributed by atoms with Crippen molar-refractivity contribution in [3.8, 4) is 55.6 Å². The van der Waals surface area contributed by atoms with Crippen LogP contribution in [0.3, 0.4) is 0 Å². The van der Waals surface area contributed by atoms with Gasteiger partial charge in [0, 0.05) is 22.1 Å². The van der Waals surface area contributed by atoms with Gasteiger partial charge in [0.05, 0.1) is 11.1 Å². The quantitative estimate of drug-likeness (QED) is 0.167. The zero-order valence-corrected chi connectivity index (χ0v) is 34.4. The van der Waals surface area contributed by atoms with E-state index in [9.17, 15) is 0 Å². The average Bonchev–Trinajstić information content (AvgIpc) is 4.00. The minimum Gasteiger partial charge on any atom is -0.454 e. The molecule has 1 heterocycles. The second kappa shape index (κ2) is 13.9. The Morgan fingerprint density at radius 1 is 0.302 bits per heavy atom.